The second kappa shape index (κ2) is 10.4. The van der Waals surface area contributed by atoms with E-state index in [9.17, 15) is 9.18 Å². The number of carbonyl (C=O) groups is 1. The number of anilines is 2. The number of benzene rings is 2. The highest BCUT2D eigenvalue weighted by Gasteiger charge is 2.31. The van der Waals surface area contributed by atoms with Crippen LogP contribution in [0.2, 0.25) is 0 Å². The van der Waals surface area contributed by atoms with Gasteiger partial charge in [-0.3, -0.25) is 9.69 Å². The van der Waals surface area contributed by atoms with E-state index in [0.29, 0.717) is 5.56 Å². The lowest BCUT2D eigenvalue weighted by Crippen LogP contribution is -2.52. The van der Waals surface area contributed by atoms with E-state index in [4.69, 9.17) is 0 Å². The van der Waals surface area contributed by atoms with E-state index in [1.165, 1.54) is 17.0 Å². The second-order valence-electron chi connectivity index (χ2n) is 8.66. The molecule has 2 heterocycles. The van der Waals surface area contributed by atoms with Crippen LogP contribution in [0.25, 0.3) is 0 Å². The highest BCUT2D eigenvalue weighted by atomic mass is 32.1. The van der Waals surface area contributed by atoms with Crippen LogP contribution >= 0.6 is 11.3 Å². The van der Waals surface area contributed by atoms with Gasteiger partial charge >= 0.3 is 0 Å². The number of nitrogens with one attached hydrogen (secondary N) is 1. The van der Waals surface area contributed by atoms with Gasteiger partial charge in [-0.05, 0) is 66.9 Å². The Kier molecular flexibility index (Phi) is 7.30. The van der Waals surface area contributed by atoms with Gasteiger partial charge in [0.2, 0.25) is 0 Å². The number of rotatable bonds is 7. The number of piperazine rings is 1. The first-order chi connectivity index (χ1) is 15.9. The third kappa shape index (κ3) is 5.54. The minimum atomic E-state index is -0.212. The van der Waals surface area contributed by atoms with E-state index >= 15 is 0 Å². The Morgan fingerprint density at radius 3 is 2.24 bits per heavy atom. The molecule has 0 aliphatic carbocycles. The Morgan fingerprint density at radius 1 is 1.00 bits per heavy atom. The van der Waals surface area contributed by atoms with Crippen molar-refractivity contribution in [1.29, 1.82) is 0 Å². The fourth-order valence-corrected chi connectivity index (χ4v) is 5.36. The van der Waals surface area contributed by atoms with Crippen LogP contribution in [-0.2, 0) is 0 Å². The van der Waals surface area contributed by atoms with Crippen molar-refractivity contribution in [1.82, 2.24) is 10.2 Å². The Balaban J connectivity index is 1.44. The fraction of sp³-hybridized carbons (Fsp3) is 0.346. The van der Waals surface area contributed by atoms with Gasteiger partial charge in [0.1, 0.15) is 5.82 Å². The van der Waals surface area contributed by atoms with Crippen molar-refractivity contribution in [2.45, 2.75) is 19.0 Å². The molecule has 33 heavy (non-hydrogen) atoms. The summed E-state index contributed by atoms with van der Waals surface area (Å²) in [4.78, 5) is 21.0. The van der Waals surface area contributed by atoms with E-state index in [1.54, 1.807) is 11.3 Å². The first-order valence-electron chi connectivity index (χ1n) is 11.3. The van der Waals surface area contributed by atoms with Gasteiger partial charge in [-0.25, -0.2) is 4.39 Å². The molecule has 7 heteroatoms. The molecule has 2 unspecified atom stereocenters. The lowest BCUT2D eigenvalue weighted by Gasteiger charge is -2.42. The highest BCUT2D eigenvalue weighted by molar-refractivity contribution is 7.10. The molecule has 1 fully saturated rings. The number of amides is 1. The number of thiophene rings is 1. The van der Waals surface area contributed by atoms with E-state index < -0.39 is 0 Å². The molecular weight excluding hydrogens is 435 g/mol. The Hall–Kier alpha value is -2.90. The zero-order valence-corrected chi connectivity index (χ0v) is 20.2. The van der Waals surface area contributed by atoms with Crippen molar-refractivity contribution >= 4 is 28.6 Å². The molecule has 1 aromatic heterocycles. The number of carbonyl (C=O) groups excluding carboxylic acids is 1. The van der Waals surface area contributed by atoms with Gasteiger partial charge in [0.15, 0.2) is 0 Å². The summed E-state index contributed by atoms with van der Waals surface area (Å²) in [7, 11) is 3.97. The number of hydrogen-bond acceptors (Lipinski definition) is 5. The molecule has 3 aromatic rings. The zero-order chi connectivity index (χ0) is 23.4. The van der Waals surface area contributed by atoms with Crippen LogP contribution < -0.4 is 15.1 Å². The Bertz CT molecular complexity index is 1030. The summed E-state index contributed by atoms with van der Waals surface area (Å²) < 4.78 is 13.3. The maximum atomic E-state index is 13.3. The van der Waals surface area contributed by atoms with E-state index in [0.717, 1.165) is 37.6 Å². The zero-order valence-electron chi connectivity index (χ0n) is 19.4. The van der Waals surface area contributed by atoms with E-state index in [-0.39, 0.29) is 23.8 Å². The predicted molar refractivity (Wildman–Crippen MR) is 135 cm³/mol. The van der Waals surface area contributed by atoms with Gasteiger partial charge in [0, 0.05) is 68.1 Å². The molecular formula is C26H31FN4OS. The largest absolute Gasteiger partial charge is 0.378 e. The van der Waals surface area contributed by atoms with Crippen LogP contribution in [-0.4, -0.2) is 57.1 Å². The van der Waals surface area contributed by atoms with E-state index in [1.807, 2.05) is 55.4 Å². The second-order valence-corrected chi connectivity index (χ2v) is 9.64. The molecule has 0 radical (unpaired) electrons. The minimum absolute atomic E-state index is 0.0537. The Labute approximate surface area is 199 Å². The van der Waals surface area contributed by atoms with Crippen LogP contribution in [0.15, 0.2) is 66.0 Å². The third-order valence-electron chi connectivity index (χ3n) is 6.21. The quantitative estimate of drug-likeness (QED) is 0.551. The van der Waals surface area contributed by atoms with Crippen molar-refractivity contribution in [2.24, 2.45) is 0 Å². The molecule has 0 saturated carbocycles. The average molecular weight is 467 g/mol. The van der Waals surface area contributed by atoms with Gasteiger partial charge in [0.25, 0.3) is 5.91 Å². The lowest BCUT2D eigenvalue weighted by atomic mass is 10.0. The standard InChI is InChI=1S/C26H31FN4OS/c1-19(28-26(32)20-6-10-22(11-7-20)29(2)3)25(24-5-4-18-33-24)31-16-14-30(15-17-31)23-12-8-21(27)9-13-23/h4-13,18-19,25H,14-17H2,1-3H3,(H,28,32). The lowest BCUT2D eigenvalue weighted by molar-refractivity contribution is 0.0890. The van der Waals surface area contributed by atoms with Crippen LogP contribution in [0.4, 0.5) is 15.8 Å². The van der Waals surface area contributed by atoms with E-state index in [2.05, 4.69) is 39.6 Å². The Morgan fingerprint density at radius 2 is 1.67 bits per heavy atom. The van der Waals surface area contributed by atoms with Gasteiger partial charge in [0.05, 0.1) is 6.04 Å². The smallest absolute Gasteiger partial charge is 0.251 e. The molecule has 174 valence electrons. The first-order valence-corrected chi connectivity index (χ1v) is 12.2. The van der Waals surface area contributed by atoms with Crippen molar-refractivity contribution in [3.8, 4) is 0 Å². The molecule has 1 amide bonds. The topological polar surface area (TPSA) is 38.8 Å². The maximum Gasteiger partial charge on any atom is 0.251 e. The summed E-state index contributed by atoms with van der Waals surface area (Å²) in [6, 6.07) is 18.6. The molecule has 0 spiro atoms. The molecule has 1 saturated heterocycles. The van der Waals surface area contributed by atoms with Crippen molar-refractivity contribution in [3.63, 3.8) is 0 Å². The minimum Gasteiger partial charge on any atom is -0.378 e. The maximum absolute atomic E-state index is 13.3. The predicted octanol–water partition coefficient (Wildman–Crippen LogP) is 4.64. The van der Waals surface area contributed by atoms with Gasteiger partial charge in [-0.2, -0.15) is 0 Å². The monoisotopic (exact) mass is 466 g/mol. The summed E-state index contributed by atoms with van der Waals surface area (Å²) in [6.07, 6.45) is 0. The highest BCUT2D eigenvalue weighted by Crippen LogP contribution is 2.30. The molecule has 1 aliphatic heterocycles. The molecule has 1 aliphatic rings. The molecule has 2 atom stereocenters. The molecule has 4 rings (SSSR count). The normalized spacial score (nSPS) is 16.3. The van der Waals surface area contributed by atoms with Crippen LogP contribution in [0.1, 0.15) is 28.2 Å². The van der Waals surface area contributed by atoms with Crippen LogP contribution in [0.5, 0.6) is 0 Å². The van der Waals surface area contributed by atoms with Gasteiger partial charge in [-0.15, -0.1) is 11.3 Å². The summed E-state index contributed by atoms with van der Waals surface area (Å²) in [6.45, 7) is 5.55. The molecule has 0 bridgehead atoms. The van der Waals surface area contributed by atoms with Crippen LogP contribution in [0.3, 0.4) is 0 Å². The SMILES string of the molecule is CC(NC(=O)c1ccc(N(C)C)cc1)C(c1cccs1)N1CCN(c2ccc(F)cc2)CC1. The number of hydrogen-bond donors (Lipinski definition) is 1. The summed E-state index contributed by atoms with van der Waals surface area (Å²) in [5.41, 5.74) is 2.78. The van der Waals surface area contributed by atoms with Crippen molar-refractivity contribution < 1.29 is 9.18 Å². The van der Waals surface area contributed by atoms with Crippen molar-refractivity contribution in [3.05, 3.63) is 82.3 Å². The van der Waals surface area contributed by atoms with Crippen LogP contribution in [0, 0.1) is 5.82 Å². The summed E-state index contributed by atoms with van der Waals surface area (Å²) in [5.74, 6) is -0.268. The number of halogens is 1. The molecule has 1 N–H and O–H groups in total. The molecule has 5 nitrogen and oxygen atoms in total. The molecule has 2 aromatic carbocycles. The summed E-state index contributed by atoms with van der Waals surface area (Å²) in [5, 5.41) is 5.33. The van der Waals surface area contributed by atoms with Crippen molar-refractivity contribution in [2.75, 3.05) is 50.1 Å². The third-order valence-corrected chi connectivity index (χ3v) is 7.16. The average Bonchev–Trinajstić information content (AvgIpc) is 3.34. The first kappa shape index (κ1) is 23.3. The fourth-order valence-electron chi connectivity index (χ4n) is 4.39. The van der Waals surface area contributed by atoms with Gasteiger partial charge < -0.3 is 15.1 Å². The summed E-state index contributed by atoms with van der Waals surface area (Å²) >= 11 is 1.73. The van der Waals surface area contributed by atoms with Gasteiger partial charge in [-0.1, -0.05) is 6.07 Å². The number of nitrogens with zero attached hydrogens (tertiary/aromatic N) is 3.